The molecule has 3 N–H and O–H groups in total. The van der Waals surface area contributed by atoms with Gasteiger partial charge in [0.1, 0.15) is 10.3 Å². The summed E-state index contributed by atoms with van der Waals surface area (Å²) < 4.78 is 73.6. The van der Waals surface area contributed by atoms with Crippen LogP contribution in [0.3, 0.4) is 0 Å². The summed E-state index contributed by atoms with van der Waals surface area (Å²) in [6.07, 6.45) is -8.14. The van der Waals surface area contributed by atoms with Gasteiger partial charge in [0.15, 0.2) is 0 Å². The van der Waals surface area contributed by atoms with E-state index >= 15 is 0 Å². The van der Waals surface area contributed by atoms with E-state index in [1.165, 1.54) is 0 Å². The van der Waals surface area contributed by atoms with E-state index in [1.807, 2.05) is 0 Å². The van der Waals surface area contributed by atoms with Crippen LogP contribution in [0.2, 0.25) is 10.3 Å². The van der Waals surface area contributed by atoms with Crippen molar-refractivity contribution in [1.82, 2.24) is 9.97 Å². The Morgan fingerprint density at radius 1 is 0.857 bits per heavy atom. The van der Waals surface area contributed by atoms with Gasteiger partial charge in [0.2, 0.25) is 0 Å². The average molecular weight is 450 g/mol. The van der Waals surface area contributed by atoms with Crippen LogP contribution < -0.4 is 5.73 Å². The highest BCUT2D eigenvalue weighted by atomic mass is 35.5. The number of primary amides is 1. The summed E-state index contributed by atoms with van der Waals surface area (Å²) in [7, 11) is 0. The number of hydrogen-bond donors (Lipinski definition) is 2. The maximum absolute atomic E-state index is 12.3. The maximum atomic E-state index is 12.3. The quantitative estimate of drug-likeness (QED) is 0.524. The molecule has 0 fully saturated rings. The van der Waals surface area contributed by atoms with E-state index in [0.717, 1.165) is 0 Å². The Balaban J connectivity index is 0.000000280. The number of carboxylic acids is 1. The fraction of sp³-hybridized carbons (Fsp3) is 0.143. The minimum absolute atomic E-state index is 0.345. The number of amides is 1. The van der Waals surface area contributed by atoms with Crippen LogP contribution in [0, 0.1) is 0 Å². The zero-order valence-corrected chi connectivity index (χ0v) is 14.6. The first kappa shape index (κ1) is 23.4. The van der Waals surface area contributed by atoms with E-state index in [9.17, 15) is 35.9 Å². The normalized spacial score (nSPS) is 11.4. The lowest BCUT2D eigenvalue weighted by atomic mass is 10.1. The molecule has 152 valence electrons. The van der Waals surface area contributed by atoms with Crippen molar-refractivity contribution in [3.63, 3.8) is 0 Å². The van der Waals surface area contributed by atoms with Crippen molar-refractivity contribution in [2.45, 2.75) is 12.4 Å². The van der Waals surface area contributed by atoms with Crippen LogP contribution >= 0.6 is 23.2 Å². The molecule has 0 aliphatic carbocycles. The molecule has 6 nitrogen and oxygen atoms in total. The average Bonchev–Trinajstić information content (AvgIpc) is 2.53. The molecule has 2 aromatic rings. The van der Waals surface area contributed by atoms with E-state index in [1.54, 1.807) is 0 Å². The van der Waals surface area contributed by atoms with Gasteiger partial charge < -0.3 is 10.8 Å². The molecule has 0 spiro atoms. The molecular weight excluding hydrogens is 443 g/mol. The smallest absolute Gasteiger partial charge is 0.417 e. The highest BCUT2D eigenvalue weighted by Gasteiger charge is 2.36. The lowest BCUT2D eigenvalue weighted by molar-refractivity contribution is -0.138. The van der Waals surface area contributed by atoms with Crippen molar-refractivity contribution < 1.29 is 41.0 Å². The molecule has 1 amide bonds. The third-order valence-electron chi connectivity index (χ3n) is 2.85. The Labute approximate surface area is 161 Å². The van der Waals surface area contributed by atoms with Crippen molar-refractivity contribution in [2.75, 3.05) is 0 Å². The van der Waals surface area contributed by atoms with Crippen molar-refractivity contribution in [3.8, 4) is 0 Å². The molecular formula is C14H7Cl2F6N3O3. The number of hydrogen-bond acceptors (Lipinski definition) is 4. The van der Waals surface area contributed by atoms with E-state index in [-0.39, 0.29) is 5.15 Å². The maximum Gasteiger partial charge on any atom is 0.417 e. The minimum atomic E-state index is -4.75. The standard InChI is InChI=1S/C7H4ClF3N2O.C7H3ClF3NO2/c8-5-1-4(7(9,10)11)3(2-13-5)6(12)14;8-5-1-4(7(9,10)11)3(2-12-5)6(13)14/h1-2H,(H2,12,14);1-2H,(H,13,14). The summed E-state index contributed by atoms with van der Waals surface area (Å²) >= 11 is 10.5. The second kappa shape index (κ2) is 8.61. The van der Waals surface area contributed by atoms with Gasteiger partial charge in [-0.3, -0.25) is 4.79 Å². The van der Waals surface area contributed by atoms with Gasteiger partial charge in [-0.15, -0.1) is 0 Å². The van der Waals surface area contributed by atoms with E-state index < -0.39 is 51.6 Å². The SMILES string of the molecule is NC(=O)c1cnc(Cl)cc1C(F)(F)F.O=C(O)c1cnc(Cl)cc1C(F)(F)F. The third kappa shape index (κ3) is 6.23. The largest absolute Gasteiger partial charge is 0.478 e. The van der Waals surface area contributed by atoms with Crippen LogP contribution in [0.1, 0.15) is 31.8 Å². The summed E-state index contributed by atoms with van der Waals surface area (Å²) in [6.45, 7) is 0. The van der Waals surface area contributed by atoms with Crippen LogP contribution in [0.4, 0.5) is 26.3 Å². The number of pyridine rings is 2. The Bertz CT molecular complexity index is 829. The minimum Gasteiger partial charge on any atom is -0.478 e. The molecule has 0 bridgehead atoms. The molecule has 0 saturated heterocycles. The molecule has 2 aromatic heterocycles. The monoisotopic (exact) mass is 449 g/mol. The van der Waals surface area contributed by atoms with Crippen LogP contribution in [0.25, 0.3) is 0 Å². The fourth-order valence-corrected chi connectivity index (χ4v) is 2.01. The molecule has 28 heavy (non-hydrogen) atoms. The fourth-order valence-electron chi connectivity index (χ4n) is 1.70. The van der Waals surface area contributed by atoms with Gasteiger partial charge in [-0.25, -0.2) is 14.8 Å². The van der Waals surface area contributed by atoms with Gasteiger partial charge in [0, 0.05) is 12.4 Å². The first-order valence-corrected chi connectivity index (χ1v) is 7.38. The number of nitrogens with zero attached hydrogens (tertiary/aromatic N) is 2. The van der Waals surface area contributed by atoms with Crippen molar-refractivity contribution in [3.05, 3.63) is 57.1 Å². The number of rotatable bonds is 2. The van der Waals surface area contributed by atoms with Crippen LogP contribution in [0.15, 0.2) is 24.5 Å². The summed E-state index contributed by atoms with van der Waals surface area (Å²) in [5, 5.41) is 7.69. The zero-order chi connectivity index (χ0) is 21.9. The van der Waals surface area contributed by atoms with Gasteiger partial charge in [0.05, 0.1) is 22.3 Å². The molecule has 14 heteroatoms. The highest BCUT2D eigenvalue weighted by molar-refractivity contribution is 6.29. The molecule has 0 atom stereocenters. The number of carbonyl (C=O) groups is 2. The molecule has 0 radical (unpaired) electrons. The number of carbonyl (C=O) groups excluding carboxylic acids is 1. The Hall–Kier alpha value is -2.60. The molecule has 2 rings (SSSR count). The number of aromatic carboxylic acids is 1. The van der Waals surface area contributed by atoms with Crippen molar-refractivity contribution in [2.24, 2.45) is 5.73 Å². The lowest BCUT2D eigenvalue weighted by Gasteiger charge is -2.09. The van der Waals surface area contributed by atoms with E-state index in [0.29, 0.717) is 24.5 Å². The molecule has 0 aromatic carbocycles. The van der Waals surface area contributed by atoms with Gasteiger partial charge in [0.25, 0.3) is 5.91 Å². The van der Waals surface area contributed by atoms with Gasteiger partial charge in [-0.1, -0.05) is 23.2 Å². The van der Waals surface area contributed by atoms with Crippen LogP contribution in [-0.4, -0.2) is 27.0 Å². The second-order valence-corrected chi connectivity index (χ2v) is 5.54. The number of halogens is 8. The summed E-state index contributed by atoms with van der Waals surface area (Å²) in [4.78, 5) is 27.6. The summed E-state index contributed by atoms with van der Waals surface area (Å²) in [5.41, 5.74) is 0.655. The number of aromatic nitrogens is 2. The number of alkyl halides is 6. The molecule has 2 heterocycles. The summed E-state index contributed by atoms with van der Waals surface area (Å²) in [5.74, 6) is -2.89. The Morgan fingerprint density at radius 2 is 1.21 bits per heavy atom. The topological polar surface area (TPSA) is 106 Å². The first-order chi connectivity index (χ1) is 12.6. The predicted octanol–water partition coefficient (Wildman–Crippen LogP) is 4.30. The summed E-state index contributed by atoms with van der Waals surface area (Å²) in [6, 6.07) is 1.03. The molecule has 0 unspecified atom stereocenters. The van der Waals surface area contributed by atoms with E-state index in [4.69, 9.17) is 34.0 Å². The van der Waals surface area contributed by atoms with Gasteiger partial charge in [-0.2, -0.15) is 26.3 Å². The van der Waals surface area contributed by atoms with Crippen LogP contribution in [-0.2, 0) is 12.4 Å². The second-order valence-electron chi connectivity index (χ2n) is 4.77. The van der Waals surface area contributed by atoms with Gasteiger partial charge >= 0.3 is 18.3 Å². The highest BCUT2D eigenvalue weighted by Crippen LogP contribution is 2.33. The molecule has 0 saturated carbocycles. The van der Waals surface area contributed by atoms with Crippen molar-refractivity contribution >= 4 is 35.1 Å². The first-order valence-electron chi connectivity index (χ1n) is 6.63. The van der Waals surface area contributed by atoms with E-state index in [2.05, 4.69) is 9.97 Å². The predicted molar refractivity (Wildman–Crippen MR) is 84.0 cm³/mol. The lowest BCUT2D eigenvalue weighted by Crippen LogP contribution is -2.19. The number of nitrogens with two attached hydrogens (primary N) is 1. The molecule has 0 aliphatic rings. The van der Waals surface area contributed by atoms with Crippen LogP contribution in [0.5, 0.6) is 0 Å². The molecule has 0 aliphatic heterocycles. The van der Waals surface area contributed by atoms with Gasteiger partial charge in [-0.05, 0) is 12.1 Å². The number of carboxylic acid groups (broad SMARTS) is 1. The van der Waals surface area contributed by atoms with Crippen molar-refractivity contribution in [1.29, 1.82) is 0 Å². The zero-order valence-electron chi connectivity index (χ0n) is 13.1. The third-order valence-corrected chi connectivity index (χ3v) is 3.26. The Kier molecular flexibility index (Phi) is 7.20. The Morgan fingerprint density at radius 3 is 1.54 bits per heavy atom.